The van der Waals surface area contributed by atoms with Gasteiger partial charge in [-0.05, 0) is 29.3 Å². The van der Waals surface area contributed by atoms with Crippen molar-refractivity contribution >= 4 is 27.3 Å². The number of thiophene rings is 1. The second kappa shape index (κ2) is 6.46. The van der Waals surface area contributed by atoms with Gasteiger partial charge in [-0.2, -0.15) is 0 Å². The van der Waals surface area contributed by atoms with Gasteiger partial charge in [-0.1, -0.05) is 38.1 Å². The van der Waals surface area contributed by atoms with Crippen LogP contribution in [0, 0.1) is 0 Å². The fourth-order valence-electron chi connectivity index (χ4n) is 2.47. The van der Waals surface area contributed by atoms with E-state index in [9.17, 15) is 9.59 Å². The van der Waals surface area contributed by atoms with Gasteiger partial charge in [0.15, 0.2) is 5.78 Å². The van der Waals surface area contributed by atoms with Crippen LogP contribution in [0.1, 0.15) is 42.1 Å². The lowest BCUT2D eigenvalue weighted by atomic mass is 9.97. The van der Waals surface area contributed by atoms with Crippen molar-refractivity contribution in [2.24, 2.45) is 0 Å². The van der Waals surface area contributed by atoms with Gasteiger partial charge in [0.25, 0.3) is 5.56 Å². The molecule has 2 heterocycles. The predicted octanol–water partition coefficient (Wildman–Crippen LogP) is 3.85. The molecule has 3 aromatic rings. The minimum Gasteiger partial charge on any atom is -0.292 e. The summed E-state index contributed by atoms with van der Waals surface area (Å²) in [6.07, 6.45) is 2.51. The summed E-state index contributed by atoms with van der Waals surface area (Å²) in [5.41, 5.74) is 2.37. The Labute approximate surface area is 138 Å². The highest BCUT2D eigenvalue weighted by molar-refractivity contribution is 7.17. The van der Waals surface area contributed by atoms with Gasteiger partial charge in [-0.25, -0.2) is 4.98 Å². The number of benzene rings is 1. The van der Waals surface area contributed by atoms with Crippen LogP contribution in [0.15, 0.2) is 46.8 Å². The third kappa shape index (κ3) is 3.10. The summed E-state index contributed by atoms with van der Waals surface area (Å²) in [5.74, 6) is 0.396. The maximum Gasteiger partial charge on any atom is 0.271 e. The molecule has 0 bridgehead atoms. The van der Waals surface area contributed by atoms with E-state index < -0.39 is 0 Å². The van der Waals surface area contributed by atoms with Crippen molar-refractivity contribution in [3.63, 3.8) is 0 Å². The van der Waals surface area contributed by atoms with Gasteiger partial charge in [-0.3, -0.25) is 14.2 Å². The standard InChI is InChI=1S/C18H18N2O2S/c1-3-12(2)13-4-6-14(7-5-13)16(21)10-20-11-19-15-8-9-23-17(15)18(20)22/h4-9,11-12H,3,10H2,1-2H3/t12-/m1/s1. The van der Waals surface area contributed by atoms with E-state index in [2.05, 4.69) is 18.8 Å². The molecule has 23 heavy (non-hydrogen) atoms. The molecule has 0 spiro atoms. The number of carbonyl (C=O) groups is 1. The average Bonchev–Trinajstić information content (AvgIpc) is 3.06. The second-order valence-electron chi connectivity index (χ2n) is 5.67. The first-order valence-electron chi connectivity index (χ1n) is 7.66. The maximum absolute atomic E-state index is 12.4. The Morgan fingerprint density at radius 2 is 2.00 bits per heavy atom. The Morgan fingerprint density at radius 1 is 1.26 bits per heavy atom. The number of carbonyl (C=O) groups excluding carboxylic acids is 1. The first kappa shape index (κ1) is 15.6. The summed E-state index contributed by atoms with van der Waals surface area (Å²) in [4.78, 5) is 28.9. The van der Waals surface area contributed by atoms with E-state index in [0.717, 1.165) is 6.42 Å². The lowest BCUT2D eigenvalue weighted by Gasteiger charge is -2.10. The summed E-state index contributed by atoms with van der Waals surface area (Å²) in [6.45, 7) is 4.32. The summed E-state index contributed by atoms with van der Waals surface area (Å²) in [5, 5.41) is 1.83. The Balaban J connectivity index is 1.83. The quantitative estimate of drug-likeness (QED) is 0.669. The number of hydrogen-bond acceptors (Lipinski definition) is 4. The van der Waals surface area contributed by atoms with Crippen molar-refractivity contribution in [2.45, 2.75) is 32.7 Å². The largest absolute Gasteiger partial charge is 0.292 e. The molecule has 118 valence electrons. The van der Waals surface area contributed by atoms with Crippen molar-refractivity contribution < 1.29 is 4.79 Å². The molecule has 5 heteroatoms. The van der Waals surface area contributed by atoms with Gasteiger partial charge in [0.1, 0.15) is 4.70 Å². The molecule has 0 aliphatic carbocycles. The summed E-state index contributed by atoms with van der Waals surface area (Å²) >= 11 is 1.35. The second-order valence-corrected chi connectivity index (χ2v) is 6.58. The molecular formula is C18H18N2O2S. The molecule has 0 unspecified atom stereocenters. The van der Waals surface area contributed by atoms with Crippen molar-refractivity contribution in [3.8, 4) is 0 Å². The Hall–Kier alpha value is -2.27. The number of nitrogens with zero attached hydrogens (tertiary/aromatic N) is 2. The van der Waals surface area contributed by atoms with Crippen LogP contribution in [-0.4, -0.2) is 15.3 Å². The third-order valence-electron chi connectivity index (χ3n) is 4.16. The molecule has 0 aliphatic rings. The van der Waals surface area contributed by atoms with Crippen LogP contribution >= 0.6 is 11.3 Å². The van der Waals surface area contributed by atoms with Gasteiger partial charge >= 0.3 is 0 Å². The fourth-order valence-corrected chi connectivity index (χ4v) is 3.26. The number of aromatic nitrogens is 2. The number of ketones is 1. The van der Waals surface area contributed by atoms with Gasteiger partial charge in [0, 0.05) is 5.56 Å². The van der Waals surface area contributed by atoms with Crippen molar-refractivity contribution in [1.29, 1.82) is 0 Å². The first-order chi connectivity index (χ1) is 11.1. The number of Topliss-reactive ketones (excluding diaryl/α,β-unsaturated/α-hetero) is 1. The van der Waals surface area contributed by atoms with Crippen molar-refractivity contribution in [2.75, 3.05) is 0 Å². The van der Waals surface area contributed by atoms with Crippen LogP contribution in [0.5, 0.6) is 0 Å². The molecule has 0 aliphatic heterocycles. The van der Waals surface area contributed by atoms with Crippen LogP contribution in [0.4, 0.5) is 0 Å². The highest BCUT2D eigenvalue weighted by atomic mass is 32.1. The normalized spacial score (nSPS) is 12.4. The van der Waals surface area contributed by atoms with Gasteiger partial charge in [0.2, 0.25) is 0 Å². The highest BCUT2D eigenvalue weighted by Gasteiger charge is 2.11. The molecule has 0 fully saturated rings. The predicted molar refractivity (Wildman–Crippen MR) is 93.4 cm³/mol. The minimum atomic E-state index is -0.158. The van der Waals surface area contributed by atoms with Gasteiger partial charge < -0.3 is 0 Å². The van der Waals surface area contributed by atoms with Crippen molar-refractivity contribution in [3.05, 3.63) is 63.5 Å². The van der Waals surface area contributed by atoms with Crippen LogP contribution < -0.4 is 5.56 Å². The molecule has 0 N–H and O–H groups in total. The SMILES string of the molecule is CC[C@@H](C)c1ccc(C(=O)Cn2cnc3ccsc3c2=O)cc1. The molecule has 3 rings (SSSR count). The summed E-state index contributed by atoms with van der Waals surface area (Å²) in [6, 6.07) is 9.47. The molecule has 1 atom stereocenters. The van der Waals surface area contributed by atoms with E-state index in [-0.39, 0.29) is 17.9 Å². The Morgan fingerprint density at radius 3 is 2.70 bits per heavy atom. The van der Waals surface area contributed by atoms with E-state index >= 15 is 0 Å². The number of rotatable bonds is 5. The molecule has 0 saturated heterocycles. The third-order valence-corrected chi connectivity index (χ3v) is 5.06. The highest BCUT2D eigenvalue weighted by Crippen LogP contribution is 2.19. The van der Waals surface area contributed by atoms with E-state index in [4.69, 9.17) is 0 Å². The maximum atomic E-state index is 12.4. The van der Waals surface area contributed by atoms with E-state index in [0.29, 0.717) is 21.7 Å². The van der Waals surface area contributed by atoms with Crippen LogP contribution in [0.2, 0.25) is 0 Å². The fraction of sp³-hybridized carbons (Fsp3) is 0.278. The monoisotopic (exact) mass is 326 g/mol. The van der Waals surface area contributed by atoms with Crippen LogP contribution in [0.3, 0.4) is 0 Å². The Kier molecular flexibility index (Phi) is 4.39. The van der Waals surface area contributed by atoms with Gasteiger partial charge in [0.05, 0.1) is 18.4 Å². The van der Waals surface area contributed by atoms with Crippen LogP contribution in [0.25, 0.3) is 10.2 Å². The zero-order valence-electron chi connectivity index (χ0n) is 13.2. The number of hydrogen-bond donors (Lipinski definition) is 0. The molecule has 2 aromatic heterocycles. The van der Waals surface area contributed by atoms with Crippen molar-refractivity contribution in [1.82, 2.24) is 9.55 Å². The van der Waals surface area contributed by atoms with Gasteiger partial charge in [-0.15, -0.1) is 11.3 Å². The van der Waals surface area contributed by atoms with Crippen LogP contribution in [-0.2, 0) is 6.54 Å². The lowest BCUT2D eigenvalue weighted by molar-refractivity contribution is 0.0970. The molecule has 0 saturated carbocycles. The lowest BCUT2D eigenvalue weighted by Crippen LogP contribution is -2.24. The smallest absolute Gasteiger partial charge is 0.271 e. The Bertz CT molecular complexity index is 893. The average molecular weight is 326 g/mol. The molecular weight excluding hydrogens is 308 g/mol. The molecule has 4 nitrogen and oxygen atoms in total. The topological polar surface area (TPSA) is 52.0 Å². The summed E-state index contributed by atoms with van der Waals surface area (Å²) in [7, 11) is 0. The van der Waals surface area contributed by atoms with E-state index in [1.54, 1.807) is 6.07 Å². The molecule has 1 aromatic carbocycles. The number of fused-ring (bicyclic) bond motifs is 1. The van der Waals surface area contributed by atoms with E-state index in [1.807, 2.05) is 29.6 Å². The minimum absolute atomic E-state index is 0.0162. The molecule has 0 radical (unpaired) electrons. The zero-order valence-corrected chi connectivity index (χ0v) is 14.0. The first-order valence-corrected chi connectivity index (χ1v) is 8.54. The molecule has 0 amide bonds. The summed E-state index contributed by atoms with van der Waals surface area (Å²) < 4.78 is 1.97. The van der Waals surface area contributed by atoms with E-state index in [1.165, 1.54) is 27.8 Å². The zero-order chi connectivity index (χ0) is 16.4.